The maximum Gasteiger partial charge on any atom is 0.411 e. The summed E-state index contributed by atoms with van der Waals surface area (Å²) in [4.78, 5) is 45.7. The van der Waals surface area contributed by atoms with Gasteiger partial charge >= 0.3 is 6.09 Å². The predicted octanol–water partition coefficient (Wildman–Crippen LogP) is 9.94. The Morgan fingerprint density at radius 2 is 1.56 bits per heavy atom. The molecule has 68 heavy (non-hydrogen) atoms. The molecule has 7 rings (SSSR count). The number of pyridine rings is 1. The second-order valence-corrected chi connectivity index (χ2v) is 25.0. The number of H-pyrrole nitrogens is 1. The average Bonchev–Trinajstić information content (AvgIpc) is 3.87. The number of likely N-dealkylation sites (tertiary alicyclic amines) is 1. The number of nitrogens with zero attached hydrogens (tertiary/aromatic N) is 2. The normalized spacial score (nSPS) is 17.8. The number of para-hydroxylation sites is 1. The Bertz CT molecular complexity index is 2480. The summed E-state index contributed by atoms with van der Waals surface area (Å²) in [5.41, 5.74) is 6.36. The fourth-order valence-corrected chi connectivity index (χ4v) is 10.8. The fourth-order valence-electron chi connectivity index (χ4n) is 9.51. The van der Waals surface area contributed by atoms with Crippen LogP contribution in [-0.4, -0.2) is 105 Å². The number of aromatic nitrogens is 1. The van der Waals surface area contributed by atoms with Crippen LogP contribution in [0, 0.1) is 11.8 Å². The number of hydrogen-bond acceptors (Lipinski definition) is 9. The molecule has 4 atom stereocenters. The van der Waals surface area contributed by atoms with Crippen LogP contribution in [0.25, 0.3) is 22.0 Å². The summed E-state index contributed by atoms with van der Waals surface area (Å²) < 4.78 is 18.9. The molecule has 13 heteroatoms. The number of aromatic amines is 1. The van der Waals surface area contributed by atoms with E-state index in [0.717, 1.165) is 79.5 Å². The summed E-state index contributed by atoms with van der Waals surface area (Å²) in [7, 11) is -2.22. The maximum absolute atomic E-state index is 13.3. The van der Waals surface area contributed by atoms with Crippen LogP contribution in [0.2, 0.25) is 18.1 Å². The first-order valence-electron chi connectivity index (χ1n) is 24.7. The number of fused-ring (bicyclic) bond motifs is 2. The first-order valence-corrected chi connectivity index (χ1v) is 27.6. The largest absolute Gasteiger partial charge is 0.506 e. The molecule has 12 nitrogen and oxygen atoms in total. The van der Waals surface area contributed by atoms with Gasteiger partial charge in [-0.1, -0.05) is 107 Å². The summed E-state index contributed by atoms with van der Waals surface area (Å²) in [5.74, 6) is 1.22. The molecule has 2 heterocycles. The lowest BCUT2D eigenvalue weighted by molar-refractivity contribution is -0.132. The van der Waals surface area contributed by atoms with Crippen molar-refractivity contribution in [3.8, 4) is 16.9 Å². The predicted molar refractivity (Wildman–Crippen MR) is 275 cm³/mol. The Morgan fingerprint density at radius 1 is 0.868 bits per heavy atom. The fraction of sp³-hybridized carbons (Fsp3) is 0.473. The highest BCUT2D eigenvalue weighted by Gasteiger charge is 2.42. The lowest BCUT2D eigenvalue weighted by Gasteiger charge is -2.39. The summed E-state index contributed by atoms with van der Waals surface area (Å²) in [6, 6.07) is 33.5. The minimum absolute atomic E-state index is 0.0225. The molecule has 4 aromatic carbocycles. The third kappa shape index (κ3) is 13.5. The van der Waals surface area contributed by atoms with Crippen molar-refractivity contribution in [2.24, 2.45) is 11.8 Å². The van der Waals surface area contributed by atoms with Gasteiger partial charge in [-0.25, -0.2) is 4.79 Å². The molecule has 364 valence electrons. The topological polar surface area (TPSA) is 145 Å². The third-order valence-corrected chi connectivity index (χ3v) is 18.8. The van der Waals surface area contributed by atoms with Crippen LogP contribution in [-0.2, 0) is 31.5 Å². The zero-order valence-electron chi connectivity index (χ0n) is 41.0. The molecule has 0 radical (unpaired) electrons. The van der Waals surface area contributed by atoms with Gasteiger partial charge in [-0.15, -0.1) is 0 Å². The lowest BCUT2D eigenvalue weighted by Crippen LogP contribution is -2.44. The van der Waals surface area contributed by atoms with Gasteiger partial charge in [0.05, 0.1) is 36.9 Å². The van der Waals surface area contributed by atoms with Crippen molar-refractivity contribution in [3.05, 3.63) is 130 Å². The number of amides is 2. The molecule has 1 aliphatic heterocycles. The molecule has 5 aromatic rings. The van der Waals surface area contributed by atoms with Crippen molar-refractivity contribution in [1.82, 2.24) is 20.1 Å². The number of carbonyl (C=O) groups excluding carboxylic acids is 2. The Balaban J connectivity index is 0.784. The minimum Gasteiger partial charge on any atom is -0.506 e. The van der Waals surface area contributed by atoms with Crippen molar-refractivity contribution >= 4 is 36.9 Å². The highest BCUT2D eigenvalue weighted by atomic mass is 28.4. The van der Waals surface area contributed by atoms with E-state index in [2.05, 4.69) is 85.6 Å². The van der Waals surface area contributed by atoms with Crippen LogP contribution in [0.3, 0.4) is 0 Å². The Hall–Kier alpha value is -5.31. The van der Waals surface area contributed by atoms with E-state index in [1.807, 2.05) is 65.6 Å². The van der Waals surface area contributed by atoms with Crippen LogP contribution in [0.5, 0.6) is 5.75 Å². The van der Waals surface area contributed by atoms with Crippen LogP contribution < -0.4 is 16.2 Å². The molecule has 1 aliphatic carbocycles. The smallest absolute Gasteiger partial charge is 0.411 e. The van der Waals surface area contributed by atoms with Crippen molar-refractivity contribution < 1.29 is 28.6 Å². The van der Waals surface area contributed by atoms with Gasteiger partial charge < -0.3 is 39.1 Å². The van der Waals surface area contributed by atoms with E-state index < -0.39 is 8.32 Å². The quantitative estimate of drug-likeness (QED) is 0.0394. The molecule has 2 amide bonds. The van der Waals surface area contributed by atoms with Gasteiger partial charge in [0.15, 0.2) is 8.32 Å². The summed E-state index contributed by atoms with van der Waals surface area (Å²) in [6.07, 6.45) is 4.06. The molecule has 0 unspecified atom stereocenters. The third-order valence-electron chi connectivity index (χ3n) is 14.3. The van der Waals surface area contributed by atoms with Crippen molar-refractivity contribution in [3.63, 3.8) is 0 Å². The monoisotopic (exact) mass is 944 g/mol. The van der Waals surface area contributed by atoms with Gasteiger partial charge in [-0.05, 0) is 103 Å². The van der Waals surface area contributed by atoms with Crippen LogP contribution in [0.1, 0.15) is 76.2 Å². The number of nitrogens with one attached hydrogen (secondary N) is 3. The molecule has 1 saturated carbocycles. The second kappa shape index (κ2) is 23.3. The number of ether oxygens (including phenoxy) is 2. The first kappa shape index (κ1) is 50.6. The van der Waals surface area contributed by atoms with Gasteiger partial charge in [0.1, 0.15) is 11.9 Å². The Labute approximate surface area is 403 Å². The number of phenols is 1. The highest BCUT2D eigenvalue weighted by Crippen LogP contribution is 2.42. The SMILES string of the molecule is CCCN(CCNC[C@H](O[Si](C)(C)C(C)(C)C)c1ccc(O)c2[nH]c(=O)ccc12)C(=O)CCOCCc1ccc(CCN2C[C@H]3C[C@@H](OC(=O)Nc4ccccc4-c4ccccc4)C[C@H]3C2)cc1. The van der Waals surface area contributed by atoms with Gasteiger partial charge in [-0.3, -0.25) is 14.9 Å². The average molecular weight is 944 g/mol. The van der Waals surface area contributed by atoms with E-state index in [1.165, 1.54) is 17.2 Å². The number of carbonyl (C=O) groups is 2. The number of rotatable bonds is 22. The molecule has 2 aliphatic rings. The van der Waals surface area contributed by atoms with E-state index in [4.69, 9.17) is 13.9 Å². The highest BCUT2D eigenvalue weighted by molar-refractivity contribution is 6.74. The van der Waals surface area contributed by atoms with Crippen LogP contribution in [0.15, 0.2) is 108 Å². The van der Waals surface area contributed by atoms with Crippen molar-refractivity contribution in [2.75, 3.05) is 64.3 Å². The molecule has 1 saturated heterocycles. The summed E-state index contributed by atoms with van der Waals surface area (Å²) in [6.45, 7) is 19.5. The molecule has 1 aromatic heterocycles. The number of anilines is 1. The Kier molecular flexibility index (Phi) is 17.3. The molecule has 4 N–H and O–H groups in total. The van der Waals surface area contributed by atoms with Crippen molar-refractivity contribution in [1.29, 1.82) is 0 Å². The maximum atomic E-state index is 13.3. The van der Waals surface area contributed by atoms with E-state index in [0.29, 0.717) is 63.2 Å². The van der Waals surface area contributed by atoms with Crippen molar-refractivity contribution in [2.45, 2.75) is 96.6 Å². The zero-order chi connectivity index (χ0) is 48.3. The van der Waals surface area contributed by atoms with Crippen LogP contribution >= 0.6 is 0 Å². The molecular weight excluding hydrogens is 871 g/mol. The lowest BCUT2D eigenvalue weighted by atomic mass is 10.0. The molecule has 2 fully saturated rings. The minimum atomic E-state index is -2.22. The number of hydrogen-bond donors (Lipinski definition) is 4. The molecule has 0 bridgehead atoms. The molecular formula is C55H73N5O7Si. The van der Waals surface area contributed by atoms with Gasteiger partial charge in [0.2, 0.25) is 11.5 Å². The standard InChI is InChI=1S/C55H73N5O7Si/c1-7-29-60(31-28-56-36-50(67-68(5,6)55(2,3)4)46-21-23-49(61)53-47(46)22-24-51(62)58-53)52(63)27-33-65-32-26-40-19-17-39(18-20-40)25-30-59-37-42-34-44(35-43(42)38-59)66-54(64)57-48-16-12-11-15-45(48)41-13-9-8-10-14-41/h8-24,42-44,50,56,61H,7,25-38H2,1-6H3,(H,57,64)(H,58,62)/t42-,43+,44-,50-/m0/s1. The van der Waals surface area contributed by atoms with E-state index >= 15 is 0 Å². The second-order valence-electron chi connectivity index (χ2n) is 20.2. The number of phenolic OH excluding ortho intramolecular Hbond substituents is 1. The summed E-state index contributed by atoms with van der Waals surface area (Å²) >= 11 is 0. The first-order chi connectivity index (χ1) is 32.7. The van der Waals surface area contributed by atoms with E-state index in [9.17, 15) is 19.5 Å². The van der Waals surface area contributed by atoms with Gasteiger partial charge in [-0.2, -0.15) is 0 Å². The molecule has 0 spiro atoms. The zero-order valence-corrected chi connectivity index (χ0v) is 42.0. The van der Waals surface area contributed by atoms with Crippen LogP contribution in [0.4, 0.5) is 10.5 Å². The van der Waals surface area contributed by atoms with E-state index in [1.54, 1.807) is 12.1 Å². The number of aromatic hydroxyl groups is 1. The Morgan fingerprint density at radius 3 is 2.26 bits per heavy atom. The summed E-state index contributed by atoms with van der Waals surface area (Å²) in [5, 5.41) is 17.8. The van der Waals surface area contributed by atoms with E-state index in [-0.39, 0.29) is 40.6 Å². The van der Waals surface area contributed by atoms with Gasteiger partial charge in [0.25, 0.3) is 0 Å². The number of benzene rings is 4. The van der Waals surface area contributed by atoms with Gasteiger partial charge in [0, 0.05) is 62.8 Å².